The SMILES string of the molecule is CCOc1cc(Cl)c(CNCC(C)C)cc1OC. The van der Waals surface area contributed by atoms with Gasteiger partial charge in [-0.3, -0.25) is 0 Å². The summed E-state index contributed by atoms with van der Waals surface area (Å²) < 4.78 is 10.8. The Hall–Kier alpha value is -0.930. The number of ether oxygens (including phenoxy) is 2. The first-order chi connectivity index (χ1) is 8.58. The first-order valence-corrected chi connectivity index (χ1v) is 6.66. The molecule has 18 heavy (non-hydrogen) atoms. The van der Waals surface area contributed by atoms with Crippen molar-refractivity contribution in [2.75, 3.05) is 20.3 Å². The van der Waals surface area contributed by atoms with Crippen LogP contribution in [0.4, 0.5) is 0 Å². The van der Waals surface area contributed by atoms with Crippen LogP contribution >= 0.6 is 11.6 Å². The second-order valence-corrected chi connectivity index (χ2v) is 4.96. The average molecular weight is 272 g/mol. The first kappa shape index (κ1) is 15.1. The summed E-state index contributed by atoms with van der Waals surface area (Å²) in [6.45, 7) is 8.58. The topological polar surface area (TPSA) is 30.5 Å². The van der Waals surface area contributed by atoms with E-state index in [4.69, 9.17) is 21.1 Å². The van der Waals surface area contributed by atoms with Crippen molar-refractivity contribution in [3.05, 3.63) is 22.7 Å². The van der Waals surface area contributed by atoms with Gasteiger partial charge in [0, 0.05) is 17.6 Å². The molecule has 4 heteroatoms. The fourth-order valence-electron chi connectivity index (χ4n) is 1.64. The van der Waals surface area contributed by atoms with E-state index < -0.39 is 0 Å². The lowest BCUT2D eigenvalue weighted by molar-refractivity contribution is 0.310. The smallest absolute Gasteiger partial charge is 0.162 e. The zero-order valence-electron chi connectivity index (χ0n) is 11.5. The van der Waals surface area contributed by atoms with Gasteiger partial charge >= 0.3 is 0 Å². The highest BCUT2D eigenvalue weighted by Crippen LogP contribution is 2.33. The van der Waals surface area contributed by atoms with Gasteiger partial charge in [0.05, 0.1) is 13.7 Å². The molecule has 1 aromatic rings. The van der Waals surface area contributed by atoms with Crippen LogP contribution in [0.3, 0.4) is 0 Å². The molecule has 0 saturated heterocycles. The lowest BCUT2D eigenvalue weighted by Crippen LogP contribution is -2.19. The molecule has 0 atom stereocenters. The van der Waals surface area contributed by atoms with E-state index in [1.165, 1.54) is 0 Å². The monoisotopic (exact) mass is 271 g/mol. The van der Waals surface area contributed by atoms with Crippen LogP contribution in [0.25, 0.3) is 0 Å². The van der Waals surface area contributed by atoms with Gasteiger partial charge in [0.15, 0.2) is 11.5 Å². The molecule has 3 nitrogen and oxygen atoms in total. The van der Waals surface area contributed by atoms with Crippen molar-refractivity contribution < 1.29 is 9.47 Å². The maximum atomic E-state index is 6.23. The van der Waals surface area contributed by atoms with Crippen LogP contribution in [-0.4, -0.2) is 20.3 Å². The number of methoxy groups -OCH3 is 1. The van der Waals surface area contributed by atoms with Gasteiger partial charge in [0.1, 0.15) is 0 Å². The highest BCUT2D eigenvalue weighted by molar-refractivity contribution is 6.31. The minimum absolute atomic E-state index is 0.595. The van der Waals surface area contributed by atoms with Crippen molar-refractivity contribution in [2.45, 2.75) is 27.3 Å². The van der Waals surface area contributed by atoms with E-state index in [0.29, 0.717) is 23.3 Å². The second kappa shape index (κ2) is 7.49. The molecule has 0 spiro atoms. The van der Waals surface area contributed by atoms with Gasteiger partial charge in [-0.1, -0.05) is 25.4 Å². The third-order valence-corrected chi connectivity index (χ3v) is 2.85. The van der Waals surface area contributed by atoms with Crippen LogP contribution in [0, 0.1) is 5.92 Å². The Labute approximate surface area is 114 Å². The summed E-state index contributed by atoms with van der Waals surface area (Å²) in [4.78, 5) is 0. The fourth-order valence-corrected chi connectivity index (χ4v) is 1.86. The number of hydrogen-bond acceptors (Lipinski definition) is 3. The summed E-state index contributed by atoms with van der Waals surface area (Å²) in [6.07, 6.45) is 0. The molecule has 0 aliphatic carbocycles. The van der Waals surface area contributed by atoms with E-state index in [-0.39, 0.29) is 0 Å². The minimum Gasteiger partial charge on any atom is -0.493 e. The normalized spacial score (nSPS) is 10.8. The van der Waals surface area contributed by atoms with Gasteiger partial charge in [-0.2, -0.15) is 0 Å². The molecule has 0 amide bonds. The molecule has 0 fully saturated rings. The Morgan fingerprint density at radius 1 is 1.28 bits per heavy atom. The second-order valence-electron chi connectivity index (χ2n) is 4.55. The summed E-state index contributed by atoms with van der Waals surface area (Å²) in [7, 11) is 1.64. The molecule has 1 aromatic carbocycles. The zero-order chi connectivity index (χ0) is 13.5. The van der Waals surface area contributed by atoms with Gasteiger partial charge in [0.2, 0.25) is 0 Å². The van der Waals surface area contributed by atoms with Gasteiger partial charge in [-0.15, -0.1) is 0 Å². The number of rotatable bonds is 7. The van der Waals surface area contributed by atoms with Crippen molar-refractivity contribution in [3.63, 3.8) is 0 Å². The number of halogens is 1. The molecule has 0 saturated carbocycles. The van der Waals surface area contributed by atoms with Crippen LogP contribution in [-0.2, 0) is 6.54 Å². The summed E-state index contributed by atoms with van der Waals surface area (Å²) in [5.74, 6) is 2.04. The predicted molar refractivity (Wildman–Crippen MR) is 75.7 cm³/mol. The van der Waals surface area contributed by atoms with Crippen LogP contribution in [0.15, 0.2) is 12.1 Å². The largest absolute Gasteiger partial charge is 0.493 e. The molecule has 0 aliphatic heterocycles. The van der Waals surface area contributed by atoms with Crippen molar-refractivity contribution in [2.24, 2.45) is 5.92 Å². The van der Waals surface area contributed by atoms with Crippen molar-refractivity contribution >= 4 is 11.6 Å². The molecule has 0 heterocycles. The molecular formula is C14H22ClNO2. The Balaban J connectivity index is 2.79. The van der Waals surface area contributed by atoms with Crippen molar-refractivity contribution in [1.82, 2.24) is 5.32 Å². The van der Waals surface area contributed by atoms with E-state index in [0.717, 1.165) is 24.4 Å². The quantitative estimate of drug-likeness (QED) is 0.823. The third-order valence-electron chi connectivity index (χ3n) is 2.50. The first-order valence-electron chi connectivity index (χ1n) is 6.28. The highest BCUT2D eigenvalue weighted by atomic mass is 35.5. The van der Waals surface area contributed by atoms with Gasteiger partial charge in [0.25, 0.3) is 0 Å². The Bertz CT molecular complexity index is 380. The Morgan fingerprint density at radius 2 is 2.00 bits per heavy atom. The summed E-state index contributed by atoms with van der Waals surface area (Å²) in [5.41, 5.74) is 1.03. The fraction of sp³-hybridized carbons (Fsp3) is 0.571. The van der Waals surface area contributed by atoms with Crippen LogP contribution < -0.4 is 14.8 Å². The van der Waals surface area contributed by atoms with E-state index in [9.17, 15) is 0 Å². The number of benzene rings is 1. The van der Waals surface area contributed by atoms with E-state index in [1.54, 1.807) is 7.11 Å². The lowest BCUT2D eigenvalue weighted by Gasteiger charge is -2.14. The number of hydrogen-bond donors (Lipinski definition) is 1. The molecule has 102 valence electrons. The van der Waals surface area contributed by atoms with Gasteiger partial charge in [-0.25, -0.2) is 0 Å². The number of nitrogens with one attached hydrogen (secondary N) is 1. The Kier molecular flexibility index (Phi) is 6.30. The van der Waals surface area contributed by atoms with Gasteiger partial charge < -0.3 is 14.8 Å². The van der Waals surface area contributed by atoms with Crippen molar-refractivity contribution in [1.29, 1.82) is 0 Å². The zero-order valence-corrected chi connectivity index (χ0v) is 12.3. The molecule has 0 unspecified atom stereocenters. The average Bonchev–Trinajstić information content (AvgIpc) is 2.32. The molecule has 1 N–H and O–H groups in total. The standard InChI is InChI=1S/C14H22ClNO2/c1-5-18-14-7-12(15)11(6-13(14)17-4)9-16-8-10(2)3/h6-7,10,16H,5,8-9H2,1-4H3. The molecule has 0 aliphatic rings. The van der Waals surface area contributed by atoms with Gasteiger partial charge in [-0.05, 0) is 31.0 Å². The summed E-state index contributed by atoms with van der Waals surface area (Å²) in [6, 6.07) is 3.75. The summed E-state index contributed by atoms with van der Waals surface area (Å²) in [5, 5.41) is 4.07. The summed E-state index contributed by atoms with van der Waals surface area (Å²) >= 11 is 6.23. The molecule has 0 bridgehead atoms. The third kappa shape index (κ3) is 4.39. The minimum atomic E-state index is 0.595. The predicted octanol–water partition coefficient (Wildman–Crippen LogP) is 3.49. The highest BCUT2D eigenvalue weighted by Gasteiger charge is 2.10. The molecule has 0 radical (unpaired) electrons. The Morgan fingerprint density at radius 3 is 2.56 bits per heavy atom. The van der Waals surface area contributed by atoms with Crippen LogP contribution in [0.5, 0.6) is 11.5 Å². The van der Waals surface area contributed by atoms with E-state index in [2.05, 4.69) is 19.2 Å². The van der Waals surface area contributed by atoms with Crippen molar-refractivity contribution in [3.8, 4) is 11.5 Å². The lowest BCUT2D eigenvalue weighted by atomic mass is 10.1. The molecule has 0 aromatic heterocycles. The van der Waals surface area contributed by atoms with E-state index >= 15 is 0 Å². The molecule has 1 rings (SSSR count). The maximum absolute atomic E-state index is 6.23. The van der Waals surface area contributed by atoms with Crippen LogP contribution in [0.2, 0.25) is 5.02 Å². The molecular weight excluding hydrogens is 250 g/mol. The maximum Gasteiger partial charge on any atom is 0.162 e. The van der Waals surface area contributed by atoms with Crippen LogP contribution in [0.1, 0.15) is 26.3 Å². The van der Waals surface area contributed by atoms with E-state index in [1.807, 2.05) is 19.1 Å².